The largest absolute Gasteiger partial charge is 0.490 e. The van der Waals surface area contributed by atoms with Crippen LogP contribution in [-0.2, 0) is 12.8 Å². The molecule has 3 aromatic rings. The van der Waals surface area contributed by atoms with Gasteiger partial charge >= 0.3 is 6.18 Å². The number of benzene rings is 3. The fraction of sp³-hybridized carbons (Fsp3) is 0.174. The Hall–Kier alpha value is -3.48. The van der Waals surface area contributed by atoms with E-state index >= 15 is 0 Å². The summed E-state index contributed by atoms with van der Waals surface area (Å²) in [5, 5.41) is 2.32. The van der Waals surface area contributed by atoms with E-state index in [1.54, 1.807) is 13.0 Å². The highest BCUT2D eigenvalue weighted by molar-refractivity contribution is 6.05. The topological polar surface area (TPSA) is 47.6 Å². The fourth-order valence-corrected chi connectivity index (χ4v) is 2.81. The molecule has 1 N–H and O–H groups in total. The molecule has 3 aromatic carbocycles. The summed E-state index contributed by atoms with van der Waals surface area (Å²) < 4.78 is 50.8. The third kappa shape index (κ3) is 5.31. The van der Waals surface area contributed by atoms with Crippen LogP contribution in [0.15, 0.2) is 72.8 Å². The number of ether oxygens (including phenoxy) is 2. The Kier molecular flexibility index (Phi) is 6.61. The summed E-state index contributed by atoms with van der Waals surface area (Å²) in [6.45, 7) is 2.43. The van der Waals surface area contributed by atoms with Gasteiger partial charge in [-0.1, -0.05) is 42.5 Å². The van der Waals surface area contributed by atoms with Gasteiger partial charge in [0.15, 0.2) is 11.5 Å². The van der Waals surface area contributed by atoms with Crippen molar-refractivity contribution in [2.24, 2.45) is 0 Å². The zero-order valence-electron chi connectivity index (χ0n) is 16.2. The lowest BCUT2D eigenvalue weighted by molar-refractivity contribution is -0.136. The van der Waals surface area contributed by atoms with Crippen molar-refractivity contribution in [3.63, 3.8) is 0 Å². The van der Waals surface area contributed by atoms with Crippen molar-refractivity contribution in [1.29, 1.82) is 0 Å². The zero-order chi connectivity index (χ0) is 21.6. The number of hydrogen-bond donors (Lipinski definition) is 1. The van der Waals surface area contributed by atoms with Crippen molar-refractivity contribution >= 4 is 11.6 Å². The number of para-hydroxylation sites is 1. The maximum atomic E-state index is 13.2. The van der Waals surface area contributed by atoms with Crippen LogP contribution in [0.3, 0.4) is 0 Å². The normalized spacial score (nSPS) is 11.1. The number of alkyl halides is 3. The zero-order valence-corrected chi connectivity index (χ0v) is 16.2. The number of hydrogen-bond acceptors (Lipinski definition) is 3. The third-order valence-corrected chi connectivity index (χ3v) is 4.22. The van der Waals surface area contributed by atoms with Crippen LogP contribution >= 0.6 is 0 Å². The molecule has 0 bridgehead atoms. The van der Waals surface area contributed by atoms with E-state index in [-0.39, 0.29) is 11.3 Å². The van der Waals surface area contributed by atoms with E-state index in [0.717, 1.165) is 11.6 Å². The maximum Gasteiger partial charge on any atom is 0.418 e. The van der Waals surface area contributed by atoms with Crippen LogP contribution < -0.4 is 14.8 Å². The summed E-state index contributed by atoms with van der Waals surface area (Å²) in [5.41, 5.74) is -0.100. The van der Waals surface area contributed by atoms with E-state index in [0.29, 0.717) is 24.7 Å². The van der Waals surface area contributed by atoms with Crippen molar-refractivity contribution < 1.29 is 27.4 Å². The molecule has 1 amide bonds. The number of carbonyl (C=O) groups excluding carboxylic acids is 1. The van der Waals surface area contributed by atoms with E-state index in [1.165, 1.54) is 30.3 Å². The number of anilines is 1. The molecule has 0 spiro atoms. The Morgan fingerprint density at radius 1 is 0.900 bits per heavy atom. The molecule has 4 nitrogen and oxygen atoms in total. The highest BCUT2D eigenvalue weighted by atomic mass is 19.4. The summed E-state index contributed by atoms with van der Waals surface area (Å²) in [6, 6.07) is 18.9. The van der Waals surface area contributed by atoms with Gasteiger partial charge in [-0.2, -0.15) is 13.2 Å². The molecular weight excluding hydrogens is 395 g/mol. The van der Waals surface area contributed by atoms with Crippen molar-refractivity contribution in [2.45, 2.75) is 19.7 Å². The Bertz CT molecular complexity index is 1000. The van der Waals surface area contributed by atoms with Gasteiger partial charge in [-0.25, -0.2) is 0 Å². The molecule has 0 atom stereocenters. The van der Waals surface area contributed by atoms with Crippen LogP contribution in [0.2, 0.25) is 0 Å². The first-order valence-corrected chi connectivity index (χ1v) is 9.29. The van der Waals surface area contributed by atoms with Crippen LogP contribution in [0, 0.1) is 0 Å². The van der Waals surface area contributed by atoms with Crippen LogP contribution in [-0.4, -0.2) is 12.5 Å². The fourth-order valence-electron chi connectivity index (χ4n) is 2.81. The Balaban J connectivity index is 1.79. The highest BCUT2D eigenvalue weighted by Crippen LogP contribution is 2.35. The summed E-state index contributed by atoms with van der Waals surface area (Å²) in [6.07, 6.45) is -4.57. The standard InChI is InChI=1S/C23H20F3NO3/c1-2-29-21-14-17(12-13-20(21)30-15-16-8-4-3-5-9-16)22(28)27-19-11-7-6-10-18(19)23(24,25)26/h3-14H,2,15H2,1H3,(H,27,28). The second-order valence-corrected chi connectivity index (χ2v) is 6.37. The van der Waals surface area contributed by atoms with Gasteiger partial charge in [0.2, 0.25) is 0 Å². The number of rotatable bonds is 7. The quantitative estimate of drug-likeness (QED) is 0.520. The molecule has 0 saturated carbocycles. The van der Waals surface area contributed by atoms with E-state index in [1.807, 2.05) is 30.3 Å². The average molecular weight is 415 g/mol. The van der Waals surface area contributed by atoms with E-state index in [4.69, 9.17) is 9.47 Å². The molecule has 0 aliphatic rings. The summed E-state index contributed by atoms with van der Waals surface area (Å²) in [7, 11) is 0. The lowest BCUT2D eigenvalue weighted by atomic mass is 10.1. The van der Waals surface area contributed by atoms with Crippen LogP contribution in [0.1, 0.15) is 28.4 Å². The van der Waals surface area contributed by atoms with Crippen molar-refractivity contribution in [3.8, 4) is 11.5 Å². The van der Waals surface area contributed by atoms with Gasteiger partial charge in [0.1, 0.15) is 6.61 Å². The molecule has 0 saturated heterocycles. The molecule has 0 unspecified atom stereocenters. The van der Waals surface area contributed by atoms with Crippen molar-refractivity contribution in [3.05, 3.63) is 89.5 Å². The van der Waals surface area contributed by atoms with E-state index in [2.05, 4.69) is 5.32 Å². The highest BCUT2D eigenvalue weighted by Gasteiger charge is 2.33. The van der Waals surface area contributed by atoms with Gasteiger partial charge in [0, 0.05) is 5.56 Å². The van der Waals surface area contributed by atoms with E-state index < -0.39 is 17.6 Å². The summed E-state index contributed by atoms with van der Waals surface area (Å²) in [5.74, 6) is 0.0976. The monoisotopic (exact) mass is 415 g/mol. The van der Waals surface area contributed by atoms with Gasteiger partial charge in [-0.05, 0) is 42.8 Å². The number of halogens is 3. The third-order valence-electron chi connectivity index (χ3n) is 4.22. The molecule has 0 aliphatic heterocycles. The predicted octanol–water partition coefficient (Wildman–Crippen LogP) is 5.94. The molecule has 156 valence electrons. The molecule has 0 radical (unpaired) electrons. The molecule has 30 heavy (non-hydrogen) atoms. The Morgan fingerprint density at radius 2 is 1.60 bits per heavy atom. The summed E-state index contributed by atoms with van der Waals surface area (Å²) in [4.78, 5) is 12.6. The minimum Gasteiger partial charge on any atom is -0.490 e. The molecule has 0 aliphatic carbocycles. The molecule has 7 heteroatoms. The minimum absolute atomic E-state index is 0.155. The van der Waals surface area contributed by atoms with Crippen LogP contribution in [0.25, 0.3) is 0 Å². The molecule has 0 heterocycles. The molecular formula is C23H20F3NO3. The van der Waals surface area contributed by atoms with Gasteiger partial charge in [0.05, 0.1) is 17.9 Å². The first-order valence-electron chi connectivity index (χ1n) is 9.29. The maximum absolute atomic E-state index is 13.2. The summed E-state index contributed by atoms with van der Waals surface area (Å²) >= 11 is 0. The van der Waals surface area contributed by atoms with Crippen molar-refractivity contribution in [1.82, 2.24) is 0 Å². The lowest BCUT2D eigenvalue weighted by Crippen LogP contribution is -2.16. The minimum atomic E-state index is -4.57. The lowest BCUT2D eigenvalue weighted by Gasteiger charge is -2.15. The van der Waals surface area contributed by atoms with Gasteiger partial charge in [0.25, 0.3) is 5.91 Å². The Labute approximate surface area is 172 Å². The first-order chi connectivity index (χ1) is 14.4. The number of carbonyl (C=O) groups is 1. The second kappa shape index (κ2) is 9.35. The number of amides is 1. The molecule has 0 aromatic heterocycles. The SMILES string of the molecule is CCOc1cc(C(=O)Nc2ccccc2C(F)(F)F)ccc1OCc1ccccc1. The van der Waals surface area contributed by atoms with Crippen LogP contribution in [0.4, 0.5) is 18.9 Å². The smallest absolute Gasteiger partial charge is 0.418 e. The van der Waals surface area contributed by atoms with Gasteiger partial charge in [-0.15, -0.1) is 0 Å². The average Bonchev–Trinajstić information content (AvgIpc) is 2.73. The van der Waals surface area contributed by atoms with Gasteiger partial charge < -0.3 is 14.8 Å². The number of nitrogens with one attached hydrogen (secondary N) is 1. The van der Waals surface area contributed by atoms with Gasteiger partial charge in [-0.3, -0.25) is 4.79 Å². The van der Waals surface area contributed by atoms with E-state index in [9.17, 15) is 18.0 Å². The van der Waals surface area contributed by atoms with Crippen molar-refractivity contribution in [2.75, 3.05) is 11.9 Å². The second-order valence-electron chi connectivity index (χ2n) is 6.37. The predicted molar refractivity (Wildman–Crippen MR) is 108 cm³/mol. The molecule has 3 rings (SSSR count). The molecule has 0 fully saturated rings. The van der Waals surface area contributed by atoms with Crippen LogP contribution in [0.5, 0.6) is 11.5 Å². The first kappa shape index (κ1) is 21.2. The Morgan fingerprint density at radius 3 is 2.30 bits per heavy atom.